The van der Waals surface area contributed by atoms with Crippen LogP contribution in [0.5, 0.6) is 5.75 Å². The Morgan fingerprint density at radius 1 is 1.43 bits per heavy atom. The number of carbonyl (C=O) groups is 2. The largest absolute Gasteiger partial charge is 0.497 e. The number of hydrogen-bond donors (Lipinski definition) is 2. The van der Waals surface area contributed by atoms with E-state index in [9.17, 15) is 9.59 Å². The quantitative estimate of drug-likeness (QED) is 0.678. The van der Waals surface area contributed by atoms with Gasteiger partial charge >= 0.3 is 0 Å². The molecule has 0 aromatic heterocycles. The summed E-state index contributed by atoms with van der Waals surface area (Å²) in [6.45, 7) is 2.10. The molecule has 0 spiro atoms. The van der Waals surface area contributed by atoms with Gasteiger partial charge in [-0.25, -0.2) is 0 Å². The highest BCUT2D eigenvalue weighted by atomic mass is 16.5. The molecule has 2 rings (SSSR count). The molecule has 0 unspecified atom stereocenters. The lowest BCUT2D eigenvalue weighted by atomic mass is 10.1. The SMILES string of the molecule is COc1cccc(N2C[C@@H](C(=O)NCCC[NH+](C)C)CC2=O)c1. The van der Waals surface area contributed by atoms with Crippen LogP contribution in [0.25, 0.3) is 0 Å². The average Bonchev–Trinajstić information content (AvgIpc) is 2.93. The predicted molar refractivity (Wildman–Crippen MR) is 88.8 cm³/mol. The first kappa shape index (κ1) is 17.3. The van der Waals surface area contributed by atoms with Crippen LogP contribution in [0.3, 0.4) is 0 Å². The van der Waals surface area contributed by atoms with Crippen LogP contribution in [0.1, 0.15) is 12.8 Å². The maximum Gasteiger partial charge on any atom is 0.227 e. The van der Waals surface area contributed by atoms with Crippen LogP contribution in [-0.2, 0) is 9.59 Å². The molecule has 6 nitrogen and oxygen atoms in total. The standard InChI is InChI=1S/C17H25N3O3/c1-19(2)9-5-8-18-17(22)13-10-16(21)20(12-13)14-6-4-7-15(11-14)23-3/h4,6-7,11,13H,5,8-10,12H2,1-3H3,(H,18,22)/p+1/t13-/m0/s1. The minimum absolute atomic E-state index is 0.0175. The van der Waals surface area contributed by atoms with E-state index in [-0.39, 0.29) is 24.2 Å². The second-order valence-corrected chi connectivity index (χ2v) is 6.21. The molecule has 6 heteroatoms. The summed E-state index contributed by atoms with van der Waals surface area (Å²) in [6, 6.07) is 7.36. The minimum Gasteiger partial charge on any atom is -0.497 e. The molecule has 1 aromatic carbocycles. The molecule has 0 bridgehead atoms. The van der Waals surface area contributed by atoms with Gasteiger partial charge in [0.25, 0.3) is 0 Å². The number of nitrogens with zero attached hydrogens (tertiary/aromatic N) is 1. The molecule has 0 aliphatic carbocycles. The summed E-state index contributed by atoms with van der Waals surface area (Å²) in [5, 5.41) is 2.94. The molecule has 1 saturated heterocycles. The van der Waals surface area contributed by atoms with Gasteiger partial charge in [0.1, 0.15) is 5.75 Å². The molecule has 0 radical (unpaired) electrons. The molecule has 126 valence electrons. The maximum absolute atomic E-state index is 12.2. The van der Waals surface area contributed by atoms with Crippen molar-refractivity contribution in [2.45, 2.75) is 12.8 Å². The van der Waals surface area contributed by atoms with Gasteiger partial charge in [-0.1, -0.05) is 6.07 Å². The Morgan fingerprint density at radius 3 is 2.91 bits per heavy atom. The van der Waals surface area contributed by atoms with E-state index >= 15 is 0 Å². The van der Waals surface area contributed by atoms with Gasteiger partial charge in [-0.2, -0.15) is 0 Å². The van der Waals surface area contributed by atoms with Gasteiger partial charge < -0.3 is 19.9 Å². The molecule has 2 N–H and O–H groups in total. The second kappa shape index (κ2) is 7.97. The first-order chi connectivity index (χ1) is 11.0. The van der Waals surface area contributed by atoms with E-state index in [1.165, 1.54) is 4.90 Å². The lowest BCUT2D eigenvalue weighted by molar-refractivity contribution is -0.858. The summed E-state index contributed by atoms with van der Waals surface area (Å²) in [7, 11) is 5.77. The number of quaternary nitrogens is 1. The van der Waals surface area contributed by atoms with Crippen molar-refractivity contribution >= 4 is 17.5 Å². The Bertz CT molecular complexity index is 560. The van der Waals surface area contributed by atoms with E-state index in [2.05, 4.69) is 19.4 Å². The van der Waals surface area contributed by atoms with Crippen molar-refractivity contribution in [3.63, 3.8) is 0 Å². The highest BCUT2D eigenvalue weighted by Gasteiger charge is 2.35. The van der Waals surface area contributed by atoms with E-state index in [0.717, 1.165) is 18.7 Å². The van der Waals surface area contributed by atoms with Gasteiger partial charge in [-0.15, -0.1) is 0 Å². The maximum atomic E-state index is 12.2. The minimum atomic E-state index is -0.277. The molecule has 1 aliphatic rings. The fourth-order valence-electron chi connectivity index (χ4n) is 2.71. The number of hydrogen-bond acceptors (Lipinski definition) is 3. The summed E-state index contributed by atoms with van der Waals surface area (Å²) in [5.41, 5.74) is 0.779. The average molecular weight is 320 g/mol. The molecule has 1 heterocycles. The van der Waals surface area contributed by atoms with Crippen molar-refractivity contribution in [3.05, 3.63) is 24.3 Å². The van der Waals surface area contributed by atoms with E-state index in [4.69, 9.17) is 4.74 Å². The van der Waals surface area contributed by atoms with Crippen molar-refractivity contribution < 1.29 is 19.2 Å². The number of amides is 2. The Morgan fingerprint density at radius 2 is 2.22 bits per heavy atom. The highest BCUT2D eigenvalue weighted by molar-refractivity contribution is 6.00. The molecule has 2 amide bonds. The number of ether oxygens (including phenoxy) is 1. The van der Waals surface area contributed by atoms with Crippen LogP contribution < -0.4 is 19.9 Å². The number of nitrogens with one attached hydrogen (secondary N) is 2. The molecule has 1 aromatic rings. The topological polar surface area (TPSA) is 63.1 Å². The molecule has 0 saturated carbocycles. The van der Waals surface area contributed by atoms with Gasteiger partial charge in [0.05, 0.1) is 33.7 Å². The Labute approximate surface area is 137 Å². The van der Waals surface area contributed by atoms with E-state index in [1.807, 2.05) is 24.3 Å². The van der Waals surface area contributed by atoms with Gasteiger partial charge in [-0.05, 0) is 12.1 Å². The summed E-state index contributed by atoms with van der Waals surface area (Å²) in [6.07, 6.45) is 1.20. The number of rotatable bonds is 7. The van der Waals surface area contributed by atoms with Crippen LogP contribution in [0.2, 0.25) is 0 Å². The third kappa shape index (κ3) is 4.69. The van der Waals surface area contributed by atoms with Crippen molar-refractivity contribution in [1.29, 1.82) is 0 Å². The van der Waals surface area contributed by atoms with Crippen LogP contribution in [-0.4, -0.2) is 52.7 Å². The summed E-state index contributed by atoms with van der Waals surface area (Å²) >= 11 is 0. The highest BCUT2D eigenvalue weighted by Crippen LogP contribution is 2.27. The van der Waals surface area contributed by atoms with Crippen LogP contribution >= 0.6 is 0 Å². The van der Waals surface area contributed by atoms with Gasteiger partial charge in [0, 0.05) is 37.7 Å². The third-order valence-corrected chi connectivity index (χ3v) is 4.01. The van der Waals surface area contributed by atoms with E-state index < -0.39 is 0 Å². The summed E-state index contributed by atoms with van der Waals surface area (Å²) < 4.78 is 5.19. The van der Waals surface area contributed by atoms with Crippen molar-refractivity contribution in [3.8, 4) is 5.75 Å². The zero-order valence-corrected chi connectivity index (χ0v) is 14.1. The Hall–Kier alpha value is -2.08. The normalized spacial score (nSPS) is 17.7. The van der Waals surface area contributed by atoms with E-state index in [0.29, 0.717) is 18.8 Å². The van der Waals surface area contributed by atoms with Crippen LogP contribution in [0.15, 0.2) is 24.3 Å². The lowest BCUT2D eigenvalue weighted by Gasteiger charge is -2.17. The zero-order valence-electron chi connectivity index (χ0n) is 14.1. The number of anilines is 1. The molecular weight excluding hydrogens is 294 g/mol. The van der Waals surface area contributed by atoms with Crippen molar-refractivity contribution in [2.24, 2.45) is 5.92 Å². The molecule has 1 atom stereocenters. The van der Waals surface area contributed by atoms with E-state index in [1.54, 1.807) is 12.0 Å². The second-order valence-electron chi connectivity index (χ2n) is 6.21. The predicted octanol–water partition coefficient (Wildman–Crippen LogP) is -0.301. The van der Waals surface area contributed by atoms with Crippen LogP contribution in [0, 0.1) is 5.92 Å². The first-order valence-electron chi connectivity index (χ1n) is 8.02. The van der Waals surface area contributed by atoms with Crippen LogP contribution in [0.4, 0.5) is 5.69 Å². The molecular formula is C17H26N3O3+. The molecule has 1 fully saturated rings. The smallest absolute Gasteiger partial charge is 0.227 e. The summed E-state index contributed by atoms with van der Waals surface area (Å²) in [4.78, 5) is 27.4. The molecule has 23 heavy (non-hydrogen) atoms. The molecule has 1 aliphatic heterocycles. The van der Waals surface area contributed by atoms with Crippen molar-refractivity contribution in [1.82, 2.24) is 5.32 Å². The fraction of sp³-hybridized carbons (Fsp3) is 0.529. The fourth-order valence-corrected chi connectivity index (χ4v) is 2.71. The number of carbonyl (C=O) groups excluding carboxylic acids is 2. The lowest BCUT2D eigenvalue weighted by Crippen LogP contribution is -3.05. The van der Waals surface area contributed by atoms with Crippen molar-refractivity contribution in [2.75, 3.05) is 45.7 Å². The summed E-state index contributed by atoms with van der Waals surface area (Å²) in [5.74, 6) is 0.378. The number of methoxy groups -OCH3 is 1. The Kier molecular flexibility index (Phi) is 5.98. The monoisotopic (exact) mass is 320 g/mol. The Balaban J connectivity index is 1.90. The van der Waals surface area contributed by atoms with Gasteiger partial charge in [0.2, 0.25) is 11.8 Å². The van der Waals surface area contributed by atoms with Gasteiger partial charge in [-0.3, -0.25) is 9.59 Å². The van der Waals surface area contributed by atoms with Gasteiger partial charge in [0.15, 0.2) is 0 Å². The third-order valence-electron chi connectivity index (χ3n) is 4.01. The zero-order chi connectivity index (χ0) is 16.8. The first-order valence-corrected chi connectivity index (χ1v) is 8.02. The number of benzene rings is 1.